The maximum absolute atomic E-state index is 12.4. The number of para-hydroxylation sites is 1. The lowest BCUT2D eigenvalue weighted by Gasteiger charge is -2.12. The lowest BCUT2D eigenvalue weighted by molar-refractivity contribution is 0.102. The monoisotopic (exact) mass is 326 g/mol. The molecule has 1 unspecified atom stereocenters. The van der Waals surface area contributed by atoms with Crippen LogP contribution in [0.25, 0.3) is 0 Å². The lowest BCUT2D eigenvalue weighted by Crippen LogP contribution is -2.20. The second kappa shape index (κ2) is 7.40. The topological polar surface area (TPSA) is 76.1 Å². The highest BCUT2D eigenvalue weighted by Crippen LogP contribution is 2.20. The van der Waals surface area contributed by atoms with Crippen LogP contribution in [0.5, 0.6) is 0 Å². The third-order valence-corrected chi connectivity index (χ3v) is 4.15. The van der Waals surface area contributed by atoms with Crippen molar-refractivity contribution < 1.29 is 9.53 Å². The summed E-state index contributed by atoms with van der Waals surface area (Å²) in [5.74, 6) is 0.298. The second-order valence-electron chi connectivity index (χ2n) is 6.03. The first-order chi connectivity index (χ1) is 11.6. The zero-order valence-corrected chi connectivity index (χ0v) is 14.0. The number of hydrogen-bond donors (Lipinski definition) is 2. The van der Waals surface area contributed by atoms with Crippen LogP contribution in [0.2, 0.25) is 0 Å². The van der Waals surface area contributed by atoms with Crippen LogP contribution in [0.1, 0.15) is 34.3 Å². The van der Waals surface area contributed by atoms with Crippen molar-refractivity contribution in [2.24, 2.45) is 0 Å². The number of carbonyl (C=O) groups excluding carboxylic acids is 1. The summed E-state index contributed by atoms with van der Waals surface area (Å²) in [4.78, 5) is 20.8. The Morgan fingerprint density at radius 1 is 1.25 bits per heavy atom. The van der Waals surface area contributed by atoms with Crippen molar-refractivity contribution in [1.82, 2.24) is 9.97 Å². The van der Waals surface area contributed by atoms with E-state index in [0.29, 0.717) is 18.1 Å². The van der Waals surface area contributed by atoms with Crippen LogP contribution in [0.3, 0.4) is 0 Å². The molecule has 6 nitrogen and oxygen atoms in total. The molecule has 2 heterocycles. The Labute approximate surface area is 141 Å². The van der Waals surface area contributed by atoms with E-state index in [9.17, 15) is 4.79 Å². The quantitative estimate of drug-likeness (QED) is 0.883. The van der Waals surface area contributed by atoms with Crippen LogP contribution in [-0.4, -0.2) is 35.1 Å². The van der Waals surface area contributed by atoms with Crippen LogP contribution >= 0.6 is 0 Å². The standard InChI is InChI=1S/C18H22N4O2/c1-12-5-3-6-13(2)16(12)22-17(23)14-9-19-18(20-10-14)21-11-15-7-4-8-24-15/h3,5-6,9-10,15H,4,7-8,11H2,1-2H3,(H,22,23)(H,19,20,21). The molecule has 24 heavy (non-hydrogen) atoms. The molecule has 1 aliphatic rings. The summed E-state index contributed by atoms with van der Waals surface area (Å²) < 4.78 is 5.54. The van der Waals surface area contributed by atoms with E-state index in [1.165, 1.54) is 12.4 Å². The molecule has 3 rings (SSSR count). The van der Waals surface area contributed by atoms with Gasteiger partial charge in [-0.05, 0) is 37.8 Å². The minimum Gasteiger partial charge on any atom is -0.376 e. The first-order valence-electron chi connectivity index (χ1n) is 8.18. The van der Waals surface area contributed by atoms with Gasteiger partial charge in [0.1, 0.15) is 0 Å². The molecular weight excluding hydrogens is 304 g/mol. The first kappa shape index (κ1) is 16.4. The van der Waals surface area contributed by atoms with Crippen molar-refractivity contribution >= 4 is 17.5 Å². The number of rotatable bonds is 5. The molecule has 1 aromatic heterocycles. The van der Waals surface area contributed by atoms with Crippen molar-refractivity contribution in [2.75, 3.05) is 23.8 Å². The Morgan fingerprint density at radius 3 is 2.58 bits per heavy atom. The Bertz CT molecular complexity index is 689. The van der Waals surface area contributed by atoms with E-state index in [1.807, 2.05) is 32.0 Å². The molecule has 0 spiro atoms. The zero-order chi connectivity index (χ0) is 16.9. The van der Waals surface area contributed by atoms with Crippen LogP contribution in [0.4, 0.5) is 11.6 Å². The zero-order valence-electron chi connectivity index (χ0n) is 14.0. The predicted molar refractivity (Wildman–Crippen MR) is 93.4 cm³/mol. The number of carbonyl (C=O) groups is 1. The van der Waals surface area contributed by atoms with Gasteiger partial charge in [-0.3, -0.25) is 4.79 Å². The third kappa shape index (κ3) is 3.89. The number of hydrogen-bond acceptors (Lipinski definition) is 5. The van der Waals surface area contributed by atoms with Crippen LogP contribution in [0, 0.1) is 13.8 Å². The van der Waals surface area contributed by atoms with Gasteiger partial charge in [0.2, 0.25) is 5.95 Å². The maximum Gasteiger partial charge on any atom is 0.258 e. The summed E-state index contributed by atoms with van der Waals surface area (Å²) in [6.07, 6.45) is 5.45. The average Bonchev–Trinajstić information content (AvgIpc) is 3.10. The van der Waals surface area contributed by atoms with Crippen molar-refractivity contribution in [3.8, 4) is 0 Å². The van der Waals surface area contributed by atoms with Gasteiger partial charge in [0.05, 0.1) is 11.7 Å². The largest absolute Gasteiger partial charge is 0.376 e. The molecule has 0 radical (unpaired) electrons. The predicted octanol–water partition coefficient (Wildman–Crippen LogP) is 2.94. The van der Waals surface area contributed by atoms with Gasteiger partial charge >= 0.3 is 0 Å². The molecule has 2 N–H and O–H groups in total. The van der Waals surface area contributed by atoms with Gasteiger partial charge in [0.25, 0.3) is 5.91 Å². The molecule has 1 aromatic carbocycles. The summed E-state index contributed by atoms with van der Waals surface area (Å²) in [6.45, 7) is 5.45. The molecular formula is C18H22N4O2. The van der Waals surface area contributed by atoms with Gasteiger partial charge < -0.3 is 15.4 Å². The van der Waals surface area contributed by atoms with Crippen molar-refractivity contribution in [2.45, 2.75) is 32.8 Å². The van der Waals surface area contributed by atoms with Gasteiger partial charge in [0.15, 0.2) is 0 Å². The number of ether oxygens (including phenoxy) is 1. The van der Waals surface area contributed by atoms with Gasteiger partial charge in [-0.25, -0.2) is 9.97 Å². The van der Waals surface area contributed by atoms with Gasteiger partial charge in [0, 0.05) is 31.2 Å². The third-order valence-electron chi connectivity index (χ3n) is 4.15. The van der Waals surface area contributed by atoms with Crippen molar-refractivity contribution in [3.05, 3.63) is 47.3 Å². The fourth-order valence-electron chi connectivity index (χ4n) is 2.74. The summed E-state index contributed by atoms with van der Waals surface area (Å²) >= 11 is 0. The molecule has 0 aliphatic carbocycles. The molecule has 0 bridgehead atoms. The molecule has 0 saturated carbocycles. The van der Waals surface area contributed by atoms with E-state index in [-0.39, 0.29) is 12.0 Å². The van der Waals surface area contributed by atoms with Crippen LogP contribution < -0.4 is 10.6 Å². The van der Waals surface area contributed by atoms with E-state index in [0.717, 1.165) is 36.3 Å². The van der Waals surface area contributed by atoms with Gasteiger partial charge in [-0.1, -0.05) is 18.2 Å². The van der Waals surface area contributed by atoms with E-state index >= 15 is 0 Å². The highest BCUT2D eigenvalue weighted by Gasteiger charge is 2.15. The fourth-order valence-corrected chi connectivity index (χ4v) is 2.74. The number of nitrogens with one attached hydrogen (secondary N) is 2. The minimum absolute atomic E-state index is 0.210. The van der Waals surface area contributed by atoms with Crippen molar-refractivity contribution in [1.29, 1.82) is 0 Å². The fraction of sp³-hybridized carbons (Fsp3) is 0.389. The number of aromatic nitrogens is 2. The normalized spacial score (nSPS) is 16.8. The lowest BCUT2D eigenvalue weighted by atomic mass is 10.1. The van der Waals surface area contributed by atoms with E-state index < -0.39 is 0 Å². The Balaban J connectivity index is 1.61. The van der Waals surface area contributed by atoms with E-state index in [4.69, 9.17) is 4.74 Å². The molecule has 6 heteroatoms. The number of nitrogens with zero attached hydrogens (tertiary/aromatic N) is 2. The maximum atomic E-state index is 12.4. The number of amides is 1. The number of anilines is 2. The molecule has 1 amide bonds. The SMILES string of the molecule is Cc1cccc(C)c1NC(=O)c1cnc(NCC2CCCO2)nc1. The molecule has 1 fully saturated rings. The van der Waals surface area contributed by atoms with Gasteiger partial charge in [-0.2, -0.15) is 0 Å². The summed E-state index contributed by atoms with van der Waals surface area (Å²) in [5, 5.41) is 6.07. The second-order valence-corrected chi connectivity index (χ2v) is 6.03. The Morgan fingerprint density at radius 2 is 1.96 bits per heavy atom. The van der Waals surface area contributed by atoms with E-state index in [1.54, 1.807) is 0 Å². The number of benzene rings is 1. The number of aryl methyl sites for hydroxylation is 2. The van der Waals surface area contributed by atoms with Crippen LogP contribution in [0.15, 0.2) is 30.6 Å². The molecule has 1 aliphatic heterocycles. The summed E-state index contributed by atoms with van der Waals surface area (Å²) in [6, 6.07) is 5.91. The first-order valence-corrected chi connectivity index (χ1v) is 8.18. The molecule has 1 atom stereocenters. The van der Waals surface area contributed by atoms with Crippen LogP contribution in [-0.2, 0) is 4.74 Å². The Kier molecular flexibility index (Phi) is 5.05. The van der Waals surface area contributed by atoms with Crippen molar-refractivity contribution in [3.63, 3.8) is 0 Å². The molecule has 126 valence electrons. The molecule has 2 aromatic rings. The Hall–Kier alpha value is -2.47. The highest BCUT2D eigenvalue weighted by atomic mass is 16.5. The molecule has 1 saturated heterocycles. The average molecular weight is 326 g/mol. The van der Waals surface area contributed by atoms with Gasteiger partial charge in [-0.15, -0.1) is 0 Å². The highest BCUT2D eigenvalue weighted by molar-refractivity contribution is 6.04. The summed E-state index contributed by atoms with van der Waals surface area (Å²) in [7, 11) is 0. The summed E-state index contributed by atoms with van der Waals surface area (Å²) in [5.41, 5.74) is 3.32. The smallest absolute Gasteiger partial charge is 0.258 e. The minimum atomic E-state index is -0.210. The van der Waals surface area contributed by atoms with E-state index in [2.05, 4.69) is 20.6 Å².